The smallest absolute Gasteiger partial charge is 0.0599 e. The normalized spacial score (nSPS) is 17.4. The van der Waals surface area contributed by atoms with Crippen LogP contribution >= 0.6 is 0 Å². The standard InChI is InChI=1S/C20H26/c1-14-7-9-18(15(2)11-14)19-10-8-17(12-16(19)3)13-20(4,5)6/h7-12H,13H2,1-6H3/i1D3,8D,13D2. The van der Waals surface area contributed by atoms with Gasteiger partial charge in [0.1, 0.15) is 0 Å². The maximum Gasteiger partial charge on any atom is 0.0626 e. The third-order valence-electron chi connectivity index (χ3n) is 3.18. The summed E-state index contributed by atoms with van der Waals surface area (Å²) in [6, 6.07) is 8.63. The number of hydrogen-bond acceptors (Lipinski definition) is 0. The maximum absolute atomic E-state index is 8.45. The van der Waals surface area contributed by atoms with Crippen LogP contribution in [0.4, 0.5) is 0 Å². The Morgan fingerprint density at radius 3 is 2.30 bits per heavy atom. The van der Waals surface area contributed by atoms with Crippen LogP contribution in [0.3, 0.4) is 0 Å². The molecule has 0 radical (unpaired) electrons. The van der Waals surface area contributed by atoms with Gasteiger partial charge in [-0.15, -0.1) is 0 Å². The average molecular weight is 272 g/mol. The molecule has 0 nitrogen and oxygen atoms in total. The van der Waals surface area contributed by atoms with Crippen molar-refractivity contribution in [2.24, 2.45) is 5.41 Å². The van der Waals surface area contributed by atoms with E-state index >= 15 is 0 Å². The van der Waals surface area contributed by atoms with Crippen LogP contribution in [-0.4, -0.2) is 0 Å². The van der Waals surface area contributed by atoms with Gasteiger partial charge >= 0.3 is 0 Å². The van der Waals surface area contributed by atoms with Gasteiger partial charge in [0.05, 0.1) is 1.37 Å². The third kappa shape index (κ3) is 3.50. The molecule has 2 rings (SSSR count). The zero-order valence-corrected chi connectivity index (χ0v) is 12.9. The van der Waals surface area contributed by atoms with Gasteiger partial charge in [-0.1, -0.05) is 62.7 Å². The molecule has 0 heterocycles. The van der Waals surface area contributed by atoms with E-state index in [0.29, 0.717) is 11.1 Å². The Hall–Kier alpha value is -1.56. The summed E-state index contributed by atoms with van der Waals surface area (Å²) in [6.45, 7) is 7.09. The van der Waals surface area contributed by atoms with Gasteiger partial charge < -0.3 is 0 Å². The van der Waals surface area contributed by atoms with Gasteiger partial charge in [-0.3, -0.25) is 0 Å². The van der Waals surface area contributed by atoms with Gasteiger partial charge in [0, 0.05) is 6.85 Å². The van der Waals surface area contributed by atoms with Crippen molar-refractivity contribution >= 4 is 0 Å². The van der Waals surface area contributed by atoms with Crippen LogP contribution in [0.1, 0.15) is 51.2 Å². The fourth-order valence-corrected chi connectivity index (χ4v) is 2.33. The first kappa shape index (κ1) is 8.67. The summed E-state index contributed by atoms with van der Waals surface area (Å²) < 4.78 is 47.9. The molecule has 0 bridgehead atoms. The average Bonchev–Trinajstić information content (AvgIpc) is 2.47. The lowest BCUT2D eigenvalue weighted by Crippen LogP contribution is -2.09. The van der Waals surface area contributed by atoms with Gasteiger partial charge in [-0.05, 0) is 60.3 Å². The number of hydrogen-bond donors (Lipinski definition) is 0. The van der Waals surface area contributed by atoms with Gasteiger partial charge in [-0.2, -0.15) is 0 Å². The summed E-state index contributed by atoms with van der Waals surface area (Å²) in [5, 5.41) is 0. The molecule has 106 valence electrons. The van der Waals surface area contributed by atoms with E-state index in [1.807, 2.05) is 34.6 Å². The molecule has 0 aliphatic rings. The highest BCUT2D eigenvalue weighted by Crippen LogP contribution is 2.29. The number of benzene rings is 2. The van der Waals surface area contributed by atoms with Crippen molar-refractivity contribution < 1.29 is 8.22 Å². The van der Waals surface area contributed by atoms with Gasteiger partial charge in [-0.25, -0.2) is 0 Å². The van der Waals surface area contributed by atoms with Gasteiger partial charge in [0.25, 0.3) is 0 Å². The molecule has 0 unspecified atom stereocenters. The summed E-state index contributed by atoms with van der Waals surface area (Å²) in [7, 11) is 0. The summed E-state index contributed by atoms with van der Waals surface area (Å²) in [6.07, 6.45) is -1.63. The first-order valence-corrected chi connectivity index (χ1v) is 6.89. The number of aryl methyl sites for hydroxylation is 3. The fourth-order valence-electron chi connectivity index (χ4n) is 2.33. The van der Waals surface area contributed by atoms with Crippen molar-refractivity contribution in [3.05, 3.63) is 58.6 Å². The second-order valence-corrected chi connectivity index (χ2v) is 6.35. The molecule has 2 aromatic rings. The summed E-state index contributed by atoms with van der Waals surface area (Å²) >= 11 is 0. The zero-order chi connectivity index (χ0) is 20.1. The van der Waals surface area contributed by atoms with E-state index in [1.165, 1.54) is 0 Å². The highest BCUT2D eigenvalue weighted by molar-refractivity contribution is 5.71. The SMILES string of the molecule is [2H]c1cc(-c2ccc(C([2H])([2H])[2H])cc2C)c(C)cc1C([2H])([2H])C(C)(C)C. The van der Waals surface area contributed by atoms with Crippen LogP contribution < -0.4 is 0 Å². The van der Waals surface area contributed by atoms with E-state index in [9.17, 15) is 0 Å². The lowest BCUT2D eigenvalue weighted by Gasteiger charge is -2.19. The van der Waals surface area contributed by atoms with Crippen LogP contribution in [-0.2, 0) is 6.37 Å². The molecule has 2 aromatic carbocycles. The second-order valence-electron chi connectivity index (χ2n) is 6.35. The largest absolute Gasteiger partial charge is 0.0626 e. The highest BCUT2D eigenvalue weighted by Gasteiger charge is 2.12. The Labute approximate surface area is 132 Å². The van der Waals surface area contributed by atoms with Gasteiger partial charge in [0.15, 0.2) is 0 Å². The van der Waals surface area contributed by atoms with E-state index in [2.05, 4.69) is 0 Å². The highest BCUT2D eigenvalue weighted by atomic mass is 14.2. The van der Waals surface area contributed by atoms with Crippen molar-refractivity contribution in [3.63, 3.8) is 0 Å². The Balaban J connectivity index is 2.59. The van der Waals surface area contributed by atoms with Crippen molar-refractivity contribution in [1.29, 1.82) is 0 Å². The maximum atomic E-state index is 8.45. The second kappa shape index (κ2) is 5.44. The minimum Gasteiger partial charge on any atom is -0.0599 e. The van der Waals surface area contributed by atoms with Crippen LogP contribution in [0.2, 0.25) is 0 Å². The molecule has 0 fully saturated rings. The minimum absolute atomic E-state index is 0.157. The quantitative estimate of drug-likeness (QED) is 0.641. The Morgan fingerprint density at radius 1 is 1.05 bits per heavy atom. The van der Waals surface area contributed by atoms with E-state index in [1.54, 1.807) is 30.3 Å². The van der Waals surface area contributed by atoms with Crippen molar-refractivity contribution in [1.82, 2.24) is 0 Å². The molecular formula is C20H26. The fraction of sp³-hybridized carbons (Fsp3) is 0.400. The van der Waals surface area contributed by atoms with E-state index in [-0.39, 0.29) is 6.04 Å². The third-order valence-corrected chi connectivity index (χ3v) is 3.18. The molecule has 0 N–H and O–H groups in total. The summed E-state index contributed by atoms with van der Waals surface area (Å²) in [4.78, 5) is 0. The first-order valence-electron chi connectivity index (χ1n) is 9.89. The molecule has 0 saturated heterocycles. The molecule has 0 spiro atoms. The Bertz CT molecular complexity index is 825. The van der Waals surface area contributed by atoms with E-state index < -0.39 is 18.6 Å². The minimum atomic E-state index is -2.15. The summed E-state index contributed by atoms with van der Waals surface area (Å²) in [5.74, 6) is 0. The molecule has 0 atom stereocenters. The van der Waals surface area contributed by atoms with Crippen LogP contribution in [0.25, 0.3) is 11.1 Å². The molecule has 0 aliphatic carbocycles. The first-order chi connectivity index (χ1) is 11.7. The van der Waals surface area contributed by atoms with Crippen molar-refractivity contribution in [2.75, 3.05) is 0 Å². The lowest BCUT2D eigenvalue weighted by molar-refractivity contribution is 0.411. The number of rotatable bonds is 2. The molecule has 20 heavy (non-hydrogen) atoms. The molecule has 0 heteroatoms. The lowest BCUT2D eigenvalue weighted by atomic mass is 9.86. The molecule has 0 aromatic heterocycles. The van der Waals surface area contributed by atoms with Crippen molar-refractivity contribution in [3.8, 4) is 11.1 Å². The predicted octanol–water partition coefficient (Wildman–Crippen LogP) is 5.87. The molecule has 0 saturated carbocycles. The van der Waals surface area contributed by atoms with Crippen LogP contribution in [0, 0.1) is 26.1 Å². The summed E-state index contributed by atoms with van der Waals surface area (Å²) in [5.41, 5.74) is 3.44. The molecule has 0 aliphatic heterocycles. The van der Waals surface area contributed by atoms with Gasteiger partial charge in [0.2, 0.25) is 0 Å². The van der Waals surface area contributed by atoms with E-state index in [0.717, 1.165) is 22.3 Å². The van der Waals surface area contributed by atoms with Crippen LogP contribution in [0.5, 0.6) is 0 Å². The zero-order valence-electron chi connectivity index (χ0n) is 18.9. The topological polar surface area (TPSA) is 0 Å². The van der Waals surface area contributed by atoms with Crippen molar-refractivity contribution in [2.45, 2.75) is 47.8 Å². The van der Waals surface area contributed by atoms with Crippen LogP contribution in [0.15, 0.2) is 36.4 Å². The predicted molar refractivity (Wildman–Crippen MR) is 89.2 cm³/mol. The molecular weight excluding hydrogens is 240 g/mol. The molecule has 0 amide bonds. The Kier molecular flexibility index (Phi) is 2.36. The van der Waals surface area contributed by atoms with E-state index in [4.69, 9.17) is 8.22 Å². The Morgan fingerprint density at radius 2 is 1.70 bits per heavy atom. The monoisotopic (exact) mass is 272 g/mol.